The molecule has 0 bridgehead atoms. The first-order valence-electron chi connectivity index (χ1n) is 5.20. The number of aliphatic imine (C=N–C) groups is 1. The second kappa shape index (κ2) is 8.37. The molecule has 0 atom stereocenters. The maximum absolute atomic E-state index is 5.65. The Morgan fingerprint density at radius 3 is 2.88 bits per heavy atom. The average molecular weight is 337 g/mol. The molecule has 0 aromatic carbocycles. The molecule has 0 aliphatic heterocycles. The minimum absolute atomic E-state index is 0. The van der Waals surface area contributed by atoms with E-state index < -0.39 is 0 Å². The zero-order valence-corrected chi connectivity index (χ0v) is 12.1. The third-order valence-electron chi connectivity index (χ3n) is 1.85. The van der Waals surface area contributed by atoms with Crippen LogP contribution < -0.4 is 11.1 Å². The minimum atomic E-state index is 0. The Hall–Kier alpha value is -0.790. The third-order valence-corrected chi connectivity index (χ3v) is 1.85. The van der Waals surface area contributed by atoms with Gasteiger partial charge in [-0.2, -0.15) is 0 Å². The van der Waals surface area contributed by atoms with Gasteiger partial charge in [0.2, 0.25) is 0 Å². The van der Waals surface area contributed by atoms with Crippen LogP contribution in [0, 0.1) is 0 Å². The van der Waals surface area contributed by atoms with Gasteiger partial charge in [0.05, 0.1) is 6.33 Å². The molecular formula is C10H20IN5. The van der Waals surface area contributed by atoms with Gasteiger partial charge in [-0.1, -0.05) is 0 Å². The van der Waals surface area contributed by atoms with Crippen molar-refractivity contribution in [1.29, 1.82) is 0 Å². The molecule has 5 nitrogen and oxygen atoms in total. The summed E-state index contributed by atoms with van der Waals surface area (Å²) in [5.41, 5.74) is 5.65. The van der Waals surface area contributed by atoms with Crippen molar-refractivity contribution in [2.75, 3.05) is 6.54 Å². The van der Waals surface area contributed by atoms with Gasteiger partial charge in [0, 0.05) is 31.5 Å². The molecule has 1 rings (SSSR count). The van der Waals surface area contributed by atoms with E-state index in [0.29, 0.717) is 12.0 Å². The first-order valence-corrected chi connectivity index (χ1v) is 5.20. The summed E-state index contributed by atoms with van der Waals surface area (Å²) in [4.78, 5) is 8.18. The highest BCUT2D eigenvalue weighted by Crippen LogP contribution is 1.90. The van der Waals surface area contributed by atoms with Gasteiger partial charge in [-0.3, -0.25) is 4.99 Å². The number of imidazole rings is 1. The van der Waals surface area contributed by atoms with Crippen LogP contribution >= 0.6 is 24.0 Å². The van der Waals surface area contributed by atoms with E-state index in [0.717, 1.165) is 19.5 Å². The molecule has 0 unspecified atom stereocenters. The lowest BCUT2D eigenvalue weighted by molar-refractivity contribution is 0.646. The minimum Gasteiger partial charge on any atom is -0.370 e. The van der Waals surface area contributed by atoms with Crippen LogP contribution in [0.4, 0.5) is 0 Å². The summed E-state index contributed by atoms with van der Waals surface area (Å²) in [5.74, 6) is 0.524. The van der Waals surface area contributed by atoms with Gasteiger partial charge in [-0.25, -0.2) is 4.98 Å². The lowest BCUT2D eigenvalue weighted by Crippen LogP contribution is -2.36. The van der Waals surface area contributed by atoms with E-state index in [2.05, 4.69) is 15.3 Å². The number of hydrogen-bond acceptors (Lipinski definition) is 2. The molecule has 0 radical (unpaired) electrons. The predicted molar refractivity (Wildman–Crippen MR) is 77.0 cm³/mol. The van der Waals surface area contributed by atoms with Crippen molar-refractivity contribution in [3.63, 3.8) is 0 Å². The third kappa shape index (κ3) is 6.65. The van der Waals surface area contributed by atoms with Gasteiger partial charge < -0.3 is 15.6 Å². The molecule has 16 heavy (non-hydrogen) atoms. The molecule has 1 heterocycles. The van der Waals surface area contributed by atoms with Crippen LogP contribution in [0.5, 0.6) is 0 Å². The van der Waals surface area contributed by atoms with Crippen LogP contribution in [0.2, 0.25) is 0 Å². The fourth-order valence-corrected chi connectivity index (χ4v) is 1.21. The first-order chi connectivity index (χ1) is 7.18. The highest BCUT2D eigenvalue weighted by atomic mass is 127. The smallest absolute Gasteiger partial charge is 0.188 e. The lowest BCUT2D eigenvalue weighted by Gasteiger charge is -2.08. The van der Waals surface area contributed by atoms with Gasteiger partial charge in [-0.15, -0.1) is 24.0 Å². The summed E-state index contributed by atoms with van der Waals surface area (Å²) in [5, 5.41) is 3.04. The fourth-order valence-electron chi connectivity index (χ4n) is 1.21. The summed E-state index contributed by atoms with van der Waals surface area (Å²) in [7, 11) is 0. The molecule has 0 aliphatic carbocycles. The summed E-state index contributed by atoms with van der Waals surface area (Å²) in [6, 6.07) is 0.336. The molecule has 1 aromatic heterocycles. The van der Waals surface area contributed by atoms with Crippen LogP contribution in [0.3, 0.4) is 0 Å². The number of guanidine groups is 1. The zero-order valence-electron chi connectivity index (χ0n) is 9.76. The summed E-state index contributed by atoms with van der Waals surface area (Å²) in [6.07, 6.45) is 6.49. The molecule has 0 fully saturated rings. The molecule has 1 aromatic rings. The summed E-state index contributed by atoms with van der Waals surface area (Å²) < 4.78 is 2.03. The van der Waals surface area contributed by atoms with Crippen molar-refractivity contribution in [2.45, 2.75) is 32.9 Å². The molecule has 0 spiro atoms. The Kier molecular flexibility index (Phi) is 7.96. The number of halogens is 1. The Balaban J connectivity index is 0.00000225. The molecule has 6 heteroatoms. The monoisotopic (exact) mass is 337 g/mol. The normalized spacial score (nSPS) is 11.3. The van der Waals surface area contributed by atoms with Crippen molar-refractivity contribution in [3.8, 4) is 0 Å². The van der Waals surface area contributed by atoms with Crippen molar-refractivity contribution in [3.05, 3.63) is 18.7 Å². The van der Waals surface area contributed by atoms with Crippen LogP contribution in [-0.4, -0.2) is 28.1 Å². The van der Waals surface area contributed by atoms with Crippen LogP contribution in [0.25, 0.3) is 0 Å². The summed E-state index contributed by atoms with van der Waals surface area (Å²) in [6.45, 7) is 5.74. The van der Waals surface area contributed by atoms with Gasteiger partial charge >= 0.3 is 0 Å². The lowest BCUT2D eigenvalue weighted by atomic mass is 10.4. The second-order valence-electron chi connectivity index (χ2n) is 3.72. The molecule has 0 saturated carbocycles. The molecule has 0 amide bonds. The van der Waals surface area contributed by atoms with Gasteiger partial charge in [0.15, 0.2) is 5.96 Å². The van der Waals surface area contributed by atoms with E-state index in [9.17, 15) is 0 Å². The van der Waals surface area contributed by atoms with E-state index in [1.54, 1.807) is 12.5 Å². The fraction of sp³-hybridized carbons (Fsp3) is 0.600. The van der Waals surface area contributed by atoms with Crippen molar-refractivity contribution in [1.82, 2.24) is 14.9 Å². The average Bonchev–Trinajstić information content (AvgIpc) is 2.63. The number of aromatic nitrogens is 2. The molecule has 0 saturated heterocycles. The number of nitrogens with zero attached hydrogens (tertiary/aromatic N) is 3. The first kappa shape index (κ1) is 15.2. The number of aryl methyl sites for hydroxylation is 1. The number of hydrogen-bond donors (Lipinski definition) is 2. The van der Waals surface area contributed by atoms with Crippen LogP contribution in [0.1, 0.15) is 20.3 Å². The topological polar surface area (TPSA) is 68.2 Å². The van der Waals surface area contributed by atoms with E-state index in [-0.39, 0.29) is 24.0 Å². The van der Waals surface area contributed by atoms with E-state index in [1.807, 2.05) is 24.6 Å². The van der Waals surface area contributed by atoms with Crippen molar-refractivity contribution >= 4 is 29.9 Å². The van der Waals surface area contributed by atoms with E-state index >= 15 is 0 Å². The van der Waals surface area contributed by atoms with Crippen molar-refractivity contribution in [2.24, 2.45) is 10.7 Å². The SMILES string of the molecule is CC(C)NC(N)=NCCCn1ccnc1.I. The Bertz CT molecular complexity index is 294. The van der Waals surface area contributed by atoms with Gasteiger partial charge in [0.1, 0.15) is 0 Å². The summed E-state index contributed by atoms with van der Waals surface area (Å²) >= 11 is 0. The van der Waals surface area contributed by atoms with Crippen LogP contribution in [-0.2, 0) is 6.54 Å². The van der Waals surface area contributed by atoms with Gasteiger partial charge in [-0.05, 0) is 20.3 Å². The number of nitrogens with two attached hydrogens (primary N) is 1. The molecule has 92 valence electrons. The highest BCUT2D eigenvalue weighted by Gasteiger charge is 1.94. The highest BCUT2D eigenvalue weighted by molar-refractivity contribution is 14.0. The molecular weight excluding hydrogens is 317 g/mol. The number of nitrogens with one attached hydrogen (secondary N) is 1. The van der Waals surface area contributed by atoms with E-state index in [4.69, 9.17) is 5.73 Å². The quantitative estimate of drug-likeness (QED) is 0.367. The Morgan fingerprint density at radius 1 is 1.56 bits per heavy atom. The Labute approximate surface area is 114 Å². The predicted octanol–water partition coefficient (Wildman–Crippen LogP) is 1.20. The Morgan fingerprint density at radius 2 is 2.31 bits per heavy atom. The van der Waals surface area contributed by atoms with Crippen molar-refractivity contribution < 1.29 is 0 Å². The molecule has 3 N–H and O–H groups in total. The zero-order chi connectivity index (χ0) is 11.1. The van der Waals surface area contributed by atoms with E-state index in [1.165, 1.54) is 0 Å². The second-order valence-corrected chi connectivity index (χ2v) is 3.72. The van der Waals surface area contributed by atoms with Crippen LogP contribution in [0.15, 0.2) is 23.7 Å². The maximum Gasteiger partial charge on any atom is 0.188 e. The number of rotatable bonds is 5. The maximum atomic E-state index is 5.65. The molecule has 0 aliphatic rings. The largest absolute Gasteiger partial charge is 0.370 e. The standard InChI is InChI=1S/C10H19N5.HI/c1-9(2)14-10(11)13-4-3-6-15-7-5-12-8-15;/h5,7-9H,3-4,6H2,1-2H3,(H3,11,13,14);1H. The van der Waals surface area contributed by atoms with Gasteiger partial charge in [0.25, 0.3) is 0 Å².